The monoisotopic (exact) mass is 450 g/mol. The van der Waals surface area contributed by atoms with E-state index >= 15 is 0 Å². The molecule has 0 amide bonds. The van der Waals surface area contributed by atoms with Crippen LogP contribution in [0.25, 0.3) is 11.4 Å². The Morgan fingerprint density at radius 3 is 2.79 bits per heavy atom. The average molecular weight is 451 g/mol. The minimum atomic E-state index is -0.596. The van der Waals surface area contributed by atoms with Gasteiger partial charge in [-0.1, -0.05) is 13.0 Å². The first-order chi connectivity index (χ1) is 13.2. The zero-order valence-electron chi connectivity index (χ0n) is 16.4. The lowest BCUT2D eigenvalue weighted by molar-refractivity contribution is -0.158. The average Bonchev–Trinajstić information content (AvgIpc) is 3.21. The van der Waals surface area contributed by atoms with E-state index in [9.17, 15) is 9.59 Å². The van der Waals surface area contributed by atoms with E-state index in [4.69, 9.17) is 9.47 Å². The number of carbonyl (C=O) groups is 1. The van der Waals surface area contributed by atoms with Crippen molar-refractivity contribution in [3.05, 3.63) is 32.4 Å². The van der Waals surface area contributed by atoms with Crippen molar-refractivity contribution in [1.29, 1.82) is 0 Å². The molecule has 28 heavy (non-hydrogen) atoms. The Hall–Kier alpha value is -2.00. The third kappa shape index (κ3) is 3.20. The summed E-state index contributed by atoms with van der Waals surface area (Å²) in [6.07, 6.45) is 3.16. The number of nitrogens with zero attached hydrogens (tertiary/aromatic N) is 4. The van der Waals surface area contributed by atoms with Crippen molar-refractivity contribution in [1.82, 2.24) is 19.2 Å². The second-order valence-electron chi connectivity index (χ2n) is 8.26. The van der Waals surface area contributed by atoms with Crippen LogP contribution in [0.15, 0.2) is 15.3 Å². The molecule has 8 nitrogen and oxygen atoms in total. The predicted octanol–water partition coefficient (Wildman–Crippen LogP) is 2.85. The molecule has 0 aliphatic carbocycles. The molecule has 2 atom stereocenters. The van der Waals surface area contributed by atoms with E-state index in [0.29, 0.717) is 42.1 Å². The summed E-state index contributed by atoms with van der Waals surface area (Å²) in [5.74, 6) is 0.541. The van der Waals surface area contributed by atoms with E-state index < -0.39 is 11.6 Å². The maximum atomic E-state index is 12.9. The summed E-state index contributed by atoms with van der Waals surface area (Å²) < 4.78 is 14.5. The molecule has 9 heteroatoms. The summed E-state index contributed by atoms with van der Waals surface area (Å²) in [7, 11) is 0. The minimum Gasteiger partial charge on any atom is -0.458 e. The van der Waals surface area contributed by atoms with E-state index in [1.54, 1.807) is 4.57 Å². The Balaban J connectivity index is 1.90. The number of ether oxygens (including phenoxy) is 2. The molecular weight excluding hydrogens is 428 g/mol. The van der Waals surface area contributed by atoms with Gasteiger partial charge in [-0.2, -0.15) is 9.50 Å². The fourth-order valence-electron chi connectivity index (χ4n) is 3.76. The normalized spacial score (nSPS) is 22.2. The molecule has 2 aliphatic heterocycles. The van der Waals surface area contributed by atoms with Gasteiger partial charge < -0.3 is 9.47 Å². The van der Waals surface area contributed by atoms with Crippen molar-refractivity contribution < 1.29 is 14.3 Å². The highest BCUT2D eigenvalue weighted by Gasteiger charge is 2.39. The second kappa shape index (κ2) is 6.81. The number of esters is 1. The summed E-state index contributed by atoms with van der Waals surface area (Å²) in [4.78, 5) is 30.4. The third-order valence-electron chi connectivity index (χ3n) is 4.95. The fraction of sp³-hybridized carbons (Fsp3) is 0.579. The molecule has 4 rings (SSSR count). The summed E-state index contributed by atoms with van der Waals surface area (Å²) in [6.45, 7) is 8.62. The van der Waals surface area contributed by atoms with Crippen molar-refractivity contribution in [2.75, 3.05) is 13.2 Å². The van der Waals surface area contributed by atoms with Crippen molar-refractivity contribution in [2.24, 2.45) is 0 Å². The van der Waals surface area contributed by atoms with Crippen molar-refractivity contribution in [2.45, 2.75) is 58.1 Å². The molecule has 2 aromatic rings. The summed E-state index contributed by atoms with van der Waals surface area (Å²) in [5.41, 5.74) is 0.832. The minimum absolute atomic E-state index is 0.00652. The molecule has 2 aliphatic rings. The number of aromatic nitrogens is 4. The molecule has 2 aromatic heterocycles. The van der Waals surface area contributed by atoms with Crippen LogP contribution in [0.3, 0.4) is 0 Å². The third-order valence-corrected chi connectivity index (χ3v) is 5.70. The smallest absolute Gasteiger partial charge is 0.329 e. The molecule has 0 spiro atoms. The van der Waals surface area contributed by atoms with Crippen LogP contribution in [-0.2, 0) is 14.3 Å². The van der Waals surface area contributed by atoms with E-state index in [0.717, 1.165) is 11.3 Å². The van der Waals surface area contributed by atoms with Gasteiger partial charge in [0.15, 0.2) is 5.82 Å². The molecule has 0 fully saturated rings. The van der Waals surface area contributed by atoms with Crippen LogP contribution in [0.4, 0.5) is 0 Å². The lowest BCUT2D eigenvalue weighted by atomic mass is 10.0. The first-order valence-corrected chi connectivity index (χ1v) is 10.2. The van der Waals surface area contributed by atoms with Gasteiger partial charge in [0.2, 0.25) is 5.78 Å². The number of rotatable bonds is 2. The van der Waals surface area contributed by atoms with Crippen LogP contribution in [0.2, 0.25) is 0 Å². The van der Waals surface area contributed by atoms with E-state index in [-0.39, 0.29) is 17.4 Å². The molecule has 0 bridgehead atoms. The Bertz CT molecular complexity index is 1050. The highest BCUT2D eigenvalue weighted by Crippen LogP contribution is 2.40. The molecule has 4 heterocycles. The van der Waals surface area contributed by atoms with Crippen molar-refractivity contribution in [3.63, 3.8) is 0 Å². The van der Waals surface area contributed by atoms with Gasteiger partial charge in [0.05, 0.1) is 13.2 Å². The van der Waals surface area contributed by atoms with Crippen LogP contribution < -0.4 is 5.56 Å². The first kappa shape index (κ1) is 19.3. The topological polar surface area (TPSA) is 87.7 Å². The fourth-order valence-corrected chi connectivity index (χ4v) is 4.51. The zero-order chi connectivity index (χ0) is 20.2. The molecule has 0 unspecified atom stereocenters. The number of hydrogen-bond acceptors (Lipinski definition) is 6. The predicted molar refractivity (Wildman–Crippen MR) is 106 cm³/mol. The van der Waals surface area contributed by atoms with Crippen LogP contribution >= 0.6 is 15.9 Å². The highest BCUT2D eigenvalue weighted by atomic mass is 79.9. The van der Waals surface area contributed by atoms with Gasteiger partial charge in [-0.25, -0.2) is 4.79 Å². The Kier molecular flexibility index (Phi) is 4.70. The molecule has 0 N–H and O–H groups in total. The quantitative estimate of drug-likeness (QED) is 0.653. The molecule has 150 valence electrons. The molecule has 0 radical (unpaired) electrons. The highest BCUT2D eigenvalue weighted by molar-refractivity contribution is 9.10. The van der Waals surface area contributed by atoms with Gasteiger partial charge in [-0.05, 0) is 55.1 Å². The van der Waals surface area contributed by atoms with Crippen molar-refractivity contribution >= 4 is 33.3 Å². The maximum absolute atomic E-state index is 12.9. The maximum Gasteiger partial charge on any atom is 0.329 e. The van der Waals surface area contributed by atoms with Crippen LogP contribution in [0.5, 0.6) is 0 Å². The Labute approximate surface area is 170 Å². The van der Waals surface area contributed by atoms with Gasteiger partial charge in [-0.3, -0.25) is 9.36 Å². The van der Waals surface area contributed by atoms with E-state index in [2.05, 4.69) is 26.0 Å². The Morgan fingerprint density at radius 1 is 1.39 bits per heavy atom. The van der Waals surface area contributed by atoms with Crippen LogP contribution in [0.1, 0.15) is 64.0 Å². The summed E-state index contributed by atoms with van der Waals surface area (Å²) in [6, 6.07) is -0.552. The number of halogens is 1. The lowest BCUT2D eigenvalue weighted by Gasteiger charge is -2.23. The number of hydrogen-bond donors (Lipinski definition) is 0. The van der Waals surface area contributed by atoms with Crippen LogP contribution in [0, 0.1) is 0 Å². The molecule has 0 saturated heterocycles. The van der Waals surface area contributed by atoms with Gasteiger partial charge in [0.1, 0.15) is 16.1 Å². The standard InChI is InChI=1S/C19H23BrN4O4/c1-10-9-12(17(26)28-19(2,3)4)23-14(10)13(20)16(25)24-18(23)21-15(22-24)11-5-7-27-8-6-11/h5,10,12H,6-9H2,1-4H3/t10-,12-/m0/s1. The molecular formula is C19H23BrN4O4. The van der Waals surface area contributed by atoms with Crippen molar-refractivity contribution in [3.8, 4) is 0 Å². The van der Waals surface area contributed by atoms with Crippen LogP contribution in [-0.4, -0.2) is 43.9 Å². The Morgan fingerprint density at radius 2 is 2.14 bits per heavy atom. The summed E-state index contributed by atoms with van der Waals surface area (Å²) >= 11 is 3.43. The zero-order valence-corrected chi connectivity index (χ0v) is 17.9. The number of fused-ring (bicyclic) bond motifs is 3. The molecule has 0 aromatic carbocycles. The van der Waals surface area contributed by atoms with E-state index in [1.165, 1.54) is 4.52 Å². The van der Waals surface area contributed by atoms with Gasteiger partial charge in [0.25, 0.3) is 5.56 Å². The van der Waals surface area contributed by atoms with Gasteiger partial charge >= 0.3 is 5.97 Å². The molecule has 0 saturated carbocycles. The SMILES string of the molecule is C[C@H]1C[C@@H](C(=O)OC(C)(C)C)n2c1c(Br)c(=O)n1nc(C3=CCOCC3)nc21. The van der Waals surface area contributed by atoms with Gasteiger partial charge in [0, 0.05) is 11.6 Å². The van der Waals surface area contributed by atoms with E-state index in [1.807, 2.05) is 33.8 Å². The number of carbonyl (C=O) groups excluding carboxylic acids is 1. The van der Waals surface area contributed by atoms with Gasteiger partial charge in [-0.15, -0.1) is 5.10 Å². The largest absolute Gasteiger partial charge is 0.458 e. The lowest BCUT2D eigenvalue weighted by Crippen LogP contribution is -2.31. The second-order valence-corrected chi connectivity index (χ2v) is 9.05. The first-order valence-electron chi connectivity index (χ1n) is 9.38. The summed E-state index contributed by atoms with van der Waals surface area (Å²) in [5, 5.41) is 4.43.